The Balaban J connectivity index is 1.94. The van der Waals surface area contributed by atoms with E-state index in [1.54, 1.807) is 0 Å². The van der Waals surface area contributed by atoms with Crippen LogP contribution in [0.3, 0.4) is 0 Å². The van der Waals surface area contributed by atoms with Gasteiger partial charge in [-0.15, -0.1) is 0 Å². The lowest BCUT2D eigenvalue weighted by Crippen LogP contribution is -2.40. The Bertz CT molecular complexity index is 399. The van der Waals surface area contributed by atoms with Crippen LogP contribution in [-0.4, -0.2) is 28.9 Å². The van der Waals surface area contributed by atoms with Crippen molar-refractivity contribution in [2.45, 2.75) is 32.9 Å². The number of aliphatic hydroxyl groups is 1. The van der Waals surface area contributed by atoms with Crippen LogP contribution in [0.4, 0.5) is 0 Å². The van der Waals surface area contributed by atoms with Crippen molar-refractivity contribution in [3.63, 3.8) is 0 Å². The standard InChI is InChI=1S/C15H21NO2/c1-2-14-10-16(8-7-15(14)18)9-12-3-5-13(11-17)6-4-12/h3-6,14,17H,2,7-11H2,1H3. The van der Waals surface area contributed by atoms with Gasteiger partial charge in [0.15, 0.2) is 0 Å². The molecule has 0 amide bonds. The third kappa shape index (κ3) is 3.18. The minimum atomic E-state index is 0.0937. The number of ketones is 1. The molecule has 1 saturated heterocycles. The summed E-state index contributed by atoms with van der Waals surface area (Å²) < 4.78 is 0. The van der Waals surface area contributed by atoms with Crippen molar-refractivity contribution in [3.05, 3.63) is 35.4 Å². The van der Waals surface area contributed by atoms with E-state index in [1.165, 1.54) is 5.56 Å². The van der Waals surface area contributed by atoms with Gasteiger partial charge >= 0.3 is 0 Å². The van der Waals surface area contributed by atoms with Crippen LogP contribution in [-0.2, 0) is 17.9 Å². The lowest BCUT2D eigenvalue weighted by molar-refractivity contribution is -0.126. The number of hydrogen-bond acceptors (Lipinski definition) is 3. The molecule has 1 aromatic rings. The first-order valence-corrected chi connectivity index (χ1v) is 6.66. The van der Waals surface area contributed by atoms with Crippen LogP contribution in [0.15, 0.2) is 24.3 Å². The van der Waals surface area contributed by atoms with Crippen molar-refractivity contribution in [2.75, 3.05) is 13.1 Å². The van der Waals surface area contributed by atoms with Crippen LogP contribution in [0, 0.1) is 5.92 Å². The summed E-state index contributed by atoms with van der Waals surface area (Å²) in [6, 6.07) is 8.04. The van der Waals surface area contributed by atoms with E-state index in [0.29, 0.717) is 12.2 Å². The highest BCUT2D eigenvalue weighted by Crippen LogP contribution is 2.18. The Kier molecular flexibility index (Phi) is 4.50. The van der Waals surface area contributed by atoms with E-state index < -0.39 is 0 Å². The summed E-state index contributed by atoms with van der Waals surface area (Å²) in [6.07, 6.45) is 1.63. The SMILES string of the molecule is CCC1CN(Cc2ccc(CO)cc2)CCC1=O. The first kappa shape index (κ1) is 13.2. The Morgan fingerprint density at radius 3 is 2.56 bits per heavy atom. The number of hydrogen-bond donors (Lipinski definition) is 1. The molecular formula is C15H21NO2. The Morgan fingerprint density at radius 1 is 1.28 bits per heavy atom. The molecule has 0 aromatic heterocycles. The predicted octanol–water partition coefficient (Wildman–Crippen LogP) is 1.98. The summed E-state index contributed by atoms with van der Waals surface area (Å²) in [4.78, 5) is 14.0. The van der Waals surface area contributed by atoms with Crippen LogP contribution >= 0.6 is 0 Å². The number of carbonyl (C=O) groups excluding carboxylic acids is 1. The van der Waals surface area contributed by atoms with Gasteiger partial charge in [-0.1, -0.05) is 31.2 Å². The molecule has 1 unspecified atom stereocenters. The van der Waals surface area contributed by atoms with Crippen molar-refractivity contribution >= 4 is 5.78 Å². The lowest BCUT2D eigenvalue weighted by Gasteiger charge is -2.31. The van der Waals surface area contributed by atoms with E-state index >= 15 is 0 Å². The maximum absolute atomic E-state index is 11.7. The number of piperidine rings is 1. The van der Waals surface area contributed by atoms with Crippen molar-refractivity contribution in [2.24, 2.45) is 5.92 Å². The number of carbonyl (C=O) groups is 1. The van der Waals surface area contributed by atoms with Gasteiger partial charge in [0, 0.05) is 32.0 Å². The molecular weight excluding hydrogens is 226 g/mol. The minimum Gasteiger partial charge on any atom is -0.392 e. The van der Waals surface area contributed by atoms with Crippen molar-refractivity contribution in [3.8, 4) is 0 Å². The lowest BCUT2D eigenvalue weighted by atomic mass is 9.94. The predicted molar refractivity (Wildman–Crippen MR) is 71.0 cm³/mol. The number of Topliss-reactive ketones (excluding diaryl/α,β-unsaturated/α-hetero) is 1. The van der Waals surface area contributed by atoms with Crippen LogP contribution in [0.1, 0.15) is 30.9 Å². The van der Waals surface area contributed by atoms with E-state index in [-0.39, 0.29) is 12.5 Å². The Morgan fingerprint density at radius 2 is 1.94 bits per heavy atom. The average Bonchev–Trinajstić information content (AvgIpc) is 2.42. The monoisotopic (exact) mass is 247 g/mol. The molecule has 1 fully saturated rings. The molecule has 1 heterocycles. The molecule has 98 valence electrons. The van der Waals surface area contributed by atoms with Gasteiger partial charge < -0.3 is 5.11 Å². The smallest absolute Gasteiger partial charge is 0.138 e. The molecule has 3 heteroatoms. The first-order chi connectivity index (χ1) is 8.72. The zero-order valence-corrected chi connectivity index (χ0v) is 10.9. The number of nitrogens with zero attached hydrogens (tertiary/aromatic N) is 1. The molecule has 2 rings (SSSR count). The summed E-state index contributed by atoms with van der Waals surface area (Å²) in [5.74, 6) is 0.639. The zero-order chi connectivity index (χ0) is 13.0. The van der Waals surface area contributed by atoms with E-state index in [0.717, 1.165) is 31.6 Å². The van der Waals surface area contributed by atoms with Gasteiger partial charge in [-0.05, 0) is 17.5 Å². The van der Waals surface area contributed by atoms with Crippen LogP contribution in [0.5, 0.6) is 0 Å². The maximum Gasteiger partial charge on any atom is 0.138 e. The van der Waals surface area contributed by atoms with E-state index in [9.17, 15) is 4.79 Å². The minimum absolute atomic E-state index is 0.0937. The highest BCUT2D eigenvalue weighted by molar-refractivity contribution is 5.82. The molecule has 0 radical (unpaired) electrons. The molecule has 1 atom stereocenters. The van der Waals surface area contributed by atoms with E-state index in [2.05, 4.69) is 24.0 Å². The van der Waals surface area contributed by atoms with Crippen molar-refractivity contribution in [1.29, 1.82) is 0 Å². The molecule has 1 aliphatic rings. The summed E-state index contributed by atoms with van der Waals surface area (Å²) >= 11 is 0. The number of likely N-dealkylation sites (tertiary alicyclic amines) is 1. The highest BCUT2D eigenvalue weighted by Gasteiger charge is 2.25. The summed E-state index contributed by atoms with van der Waals surface area (Å²) in [5, 5.41) is 9.00. The fourth-order valence-electron chi connectivity index (χ4n) is 2.49. The van der Waals surface area contributed by atoms with Gasteiger partial charge in [0.25, 0.3) is 0 Å². The van der Waals surface area contributed by atoms with Gasteiger partial charge in [0.1, 0.15) is 5.78 Å². The maximum atomic E-state index is 11.7. The highest BCUT2D eigenvalue weighted by atomic mass is 16.3. The average molecular weight is 247 g/mol. The fraction of sp³-hybridized carbons (Fsp3) is 0.533. The van der Waals surface area contributed by atoms with Crippen LogP contribution in [0.2, 0.25) is 0 Å². The van der Waals surface area contributed by atoms with Crippen molar-refractivity contribution in [1.82, 2.24) is 4.90 Å². The molecule has 0 saturated carbocycles. The normalized spacial score (nSPS) is 21.2. The third-order valence-corrected chi connectivity index (χ3v) is 3.71. The van der Waals surface area contributed by atoms with E-state index in [1.807, 2.05) is 12.1 Å². The molecule has 1 aromatic carbocycles. The third-order valence-electron chi connectivity index (χ3n) is 3.71. The second-order valence-corrected chi connectivity index (χ2v) is 5.03. The van der Waals surface area contributed by atoms with Crippen LogP contribution in [0.25, 0.3) is 0 Å². The number of aliphatic hydroxyl groups excluding tert-OH is 1. The topological polar surface area (TPSA) is 40.5 Å². The molecule has 0 aliphatic carbocycles. The second kappa shape index (κ2) is 6.12. The van der Waals surface area contributed by atoms with Crippen molar-refractivity contribution < 1.29 is 9.90 Å². The Labute approximate surface area is 108 Å². The number of benzene rings is 1. The first-order valence-electron chi connectivity index (χ1n) is 6.66. The quantitative estimate of drug-likeness (QED) is 0.884. The van der Waals surface area contributed by atoms with Crippen LogP contribution < -0.4 is 0 Å². The van der Waals surface area contributed by atoms with Gasteiger partial charge in [-0.25, -0.2) is 0 Å². The zero-order valence-electron chi connectivity index (χ0n) is 10.9. The van der Waals surface area contributed by atoms with Gasteiger partial charge in [-0.2, -0.15) is 0 Å². The van der Waals surface area contributed by atoms with Gasteiger partial charge in [0.05, 0.1) is 6.61 Å². The largest absolute Gasteiger partial charge is 0.392 e. The molecule has 1 aliphatic heterocycles. The molecule has 18 heavy (non-hydrogen) atoms. The molecule has 1 N–H and O–H groups in total. The summed E-state index contributed by atoms with van der Waals surface area (Å²) in [6.45, 7) is 4.84. The fourth-order valence-corrected chi connectivity index (χ4v) is 2.49. The van der Waals surface area contributed by atoms with Gasteiger partial charge in [0.2, 0.25) is 0 Å². The summed E-state index contributed by atoms with van der Waals surface area (Å²) in [7, 11) is 0. The molecule has 3 nitrogen and oxygen atoms in total. The second-order valence-electron chi connectivity index (χ2n) is 5.03. The molecule has 0 bridgehead atoms. The number of rotatable bonds is 4. The summed E-state index contributed by atoms with van der Waals surface area (Å²) in [5.41, 5.74) is 2.19. The van der Waals surface area contributed by atoms with E-state index in [4.69, 9.17) is 5.11 Å². The molecule has 0 spiro atoms. The van der Waals surface area contributed by atoms with Gasteiger partial charge in [-0.3, -0.25) is 9.69 Å². The Hall–Kier alpha value is -1.19.